The SMILES string of the molecule is Cc1cc(C=O)c(C)nc1-c1sc(=O)[nH]c1O. The number of thiazole rings is 1. The molecule has 0 saturated carbocycles. The molecule has 2 aromatic rings. The highest BCUT2D eigenvalue weighted by Gasteiger charge is 2.15. The second-order valence-electron chi connectivity index (χ2n) is 3.64. The zero-order chi connectivity index (χ0) is 12.6. The van der Waals surface area contributed by atoms with Crippen molar-refractivity contribution in [2.24, 2.45) is 0 Å². The molecule has 6 heteroatoms. The highest BCUT2D eigenvalue weighted by molar-refractivity contribution is 7.13. The Labute approximate surface area is 101 Å². The molecule has 0 fully saturated rings. The van der Waals surface area contributed by atoms with Crippen molar-refractivity contribution in [3.8, 4) is 16.5 Å². The van der Waals surface area contributed by atoms with E-state index in [-0.39, 0.29) is 10.8 Å². The second-order valence-corrected chi connectivity index (χ2v) is 4.62. The van der Waals surface area contributed by atoms with Gasteiger partial charge in [-0.15, -0.1) is 0 Å². The Kier molecular flexibility index (Phi) is 2.81. The first-order valence-electron chi connectivity index (χ1n) is 4.88. The van der Waals surface area contributed by atoms with E-state index in [4.69, 9.17) is 0 Å². The van der Waals surface area contributed by atoms with E-state index in [1.807, 2.05) is 0 Å². The number of aldehydes is 1. The number of H-pyrrole nitrogens is 1. The largest absolute Gasteiger partial charge is 0.493 e. The number of nitrogens with one attached hydrogen (secondary N) is 1. The Morgan fingerprint density at radius 3 is 2.71 bits per heavy atom. The molecule has 0 unspecified atom stereocenters. The Morgan fingerprint density at radius 2 is 2.18 bits per heavy atom. The summed E-state index contributed by atoms with van der Waals surface area (Å²) in [5.41, 5.74) is 2.34. The molecule has 0 radical (unpaired) electrons. The molecule has 0 amide bonds. The van der Waals surface area contributed by atoms with Crippen LogP contribution in [-0.2, 0) is 0 Å². The molecular weight excluding hydrogens is 240 g/mol. The van der Waals surface area contributed by atoms with E-state index in [2.05, 4.69) is 9.97 Å². The van der Waals surface area contributed by atoms with Crippen molar-refractivity contribution in [3.63, 3.8) is 0 Å². The molecule has 2 aromatic heterocycles. The molecular formula is C11H10N2O3S. The summed E-state index contributed by atoms with van der Waals surface area (Å²) in [6.45, 7) is 3.48. The lowest BCUT2D eigenvalue weighted by atomic mass is 10.1. The number of aromatic nitrogens is 2. The molecule has 0 atom stereocenters. The number of hydrogen-bond donors (Lipinski definition) is 2. The number of pyridine rings is 1. The van der Waals surface area contributed by atoms with Crippen LogP contribution in [0.15, 0.2) is 10.9 Å². The van der Waals surface area contributed by atoms with Gasteiger partial charge in [0.15, 0.2) is 6.29 Å². The van der Waals surface area contributed by atoms with Crippen molar-refractivity contribution in [2.45, 2.75) is 13.8 Å². The van der Waals surface area contributed by atoms with Gasteiger partial charge in [0.25, 0.3) is 0 Å². The van der Waals surface area contributed by atoms with Gasteiger partial charge >= 0.3 is 4.87 Å². The van der Waals surface area contributed by atoms with Crippen LogP contribution in [0.5, 0.6) is 5.88 Å². The van der Waals surface area contributed by atoms with Crippen LogP contribution in [-0.4, -0.2) is 21.4 Å². The van der Waals surface area contributed by atoms with Crippen molar-refractivity contribution in [1.29, 1.82) is 0 Å². The minimum atomic E-state index is -0.337. The highest BCUT2D eigenvalue weighted by Crippen LogP contribution is 2.31. The topological polar surface area (TPSA) is 83.0 Å². The maximum atomic E-state index is 11.1. The minimum Gasteiger partial charge on any atom is -0.493 e. The van der Waals surface area contributed by atoms with Crippen LogP contribution in [0.3, 0.4) is 0 Å². The van der Waals surface area contributed by atoms with Crippen LogP contribution in [0.25, 0.3) is 10.6 Å². The van der Waals surface area contributed by atoms with E-state index in [1.165, 1.54) is 0 Å². The molecule has 0 bridgehead atoms. The van der Waals surface area contributed by atoms with Gasteiger partial charge < -0.3 is 5.11 Å². The second kappa shape index (κ2) is 4.14. The lowest BCUT2D eigenvalue weighted by molar-refractivity contribution is 0.112. The molecule has 0 aliphatic heterocycles. The summed E-state index contributed by atoms with van der Waals surface area (Å²) < 4.78 is 0. The van der Waals surface area contributed by atoms with Gasteiger partial charge in [0.1, 0.15) is 4.88 Å². The monoisotopic (exact) mass is 250 g/mol. The standard InChI is InChI=1S/C11H10N2O3S/c1-5-3-7(4-14)6(2)12-8(5)9-10(15)13-11(16)17-9/h3-4,15H,1-2H3,(H,13,16). The van der Waals surface area contributed by atoms with Gasteiger partial charge in [-0.1, -0.05) is 11.3 Å². The molecule has 2 rings (SSSR count). The first-order valence-corrected chi connectivity index (χ1v) is 5.70. The number of hydrogen-bond acceptors (Lipinski definition) is 5. The third kappa shape index (κ3) is 1.99. The third-order valence-electron chi connectivity index (χ3n) is 2.42. The van der Waals surface area contributed by atoms with Crippen LogP contribution in [0, 0.1) is 13.8 Å². The predicted octanol–water partition coefficient (Wildman–Crippen LogP) is 1.63. The van der Waals surface area contributed by atoms with Gasteiger partial charge in [0.05, 0.1) is 5.69 Å². The van der Waals surface area contributed by atoms with Gasteiger partial charge in [-0.3, -0.25) is 19.6 Å². The van der Waals surface area contributed by atoms with E-state index in [0.717, 1.165) is 23.2 Å². The maximum absolute atomic E-state index is 11.1. The smallest absolute Gasteiger partial charge is 0.308 e. The van der Waals surface area contributed by atoms with E-state index in [9.17, 15) is 14.7 Å². The first kappa shape index (κ1) is 11.5. The highest BCUT2D eigenvalue weighted by atomic mass is 32.1. The number of aromatic amines is 1. The van der Waals surface area contributed by atoms with E-state index < -0.39 is 0 Å². The Morgan fingerprint density at radius 1 is 1.47 bits per heavy atom. The number of aromatic hydroxyl groups is 1. The summed E-state index contributed by atoms with van der Waals surface area (Å²) in [5, 5.41) is 9.57. The van der Waals surface area contributed by atoms with Crippen molar-refractivity contribution in [2.75, 3.05) is 0 Å². The van der Waals surface area contributed by atoms with Gasteiger partial charge in [-0.05, 0) is 25.5 Å². The number of carbonyl (C=O) groups is 1. The number of nitrogens with zero attached hydrogens (tertiary/aromatic N) is 1. The zero-order valence-corrected chi connectivity index (χ0v) is 10.1. The summed E-state index contributed by atoms with van der Waals surface area (Å²) >= 11 is 0.892. The van der Waals surface area contributed by atoms with Crippen LogP contribution in [0.2, 0.25) is 0 Å². The molecule has 0 spiro atoms. The molecule has 0 aliphatic carbocycles. The van der Waals surface area contributed by atoms with Crippen molar-refractivity contribution < 1.29 is 9.90 Å². The van der Waals surface area contributed by atoms with Crippen molar-refractivity contribution >= 4 is 17.6 Å². The van der Waals surface area contributed by atoms with Gasteiger partial charge in [-0.2, -0.15) is 0 Å². The van der Waals surface area contributed by atoms with E-state index in [1.54, 1.807) is 19.9 Å². The van der Waals surface area contributed by atoms with E-state index in [0.29, 0.717) is 21.8 Å². The molecule has 0 aliphatic rings. The van der Waals surface area contributed by atoms with Crippen LogP contribution >= 0.6 is 11.3 Å². The average Bonchev–Trinajstić information content (AvgIpc) is 2.60. The fraction of sp³-hybridized carbons (Fsp3) is 0.182. The Bertz CT molecular complexity index is 643. The fourth-order valence-electron chi connectivity index (χ4n) is 1.56. The quantitative estimate of drug-likeness (QED) is 0.793. The van der Waals surface area contributed by atoms with Gasteiger partial charge in [0.2, 0.25) is 5.88 Å². The normalized spacial score (nSPS) is 10.5. The molecule has 5 nitrogen and oxygen atoms in total. The molecule has 2 N–H and O–H groups in total. The molecule has 17 heavy (non-hydrogen) atoms. The Balaban J connectivity index is 2.68. The summed E-state index contributed by atoms with van der Waals surface area (Å²) in [6.07, 6.45) is 0.735. The van der Waals surface area contributed by atoms with Gasteiger partial charge in [-0.25, -0.2) is 0 Å². The maximum Gasteiger partial charge on any atom is 0.308 e. The van der Waals surface area contributed by atoms with Crippen LogP contribution < -0.4 is 4.87 Å². The number of carbonyl (C=O) groups excluding carboxylic acids is 1. The van der Waals surface area contributed by atoms with Crippen molar-refractivity contribution in [1.82, 2.24) is 9.97 Å². The molecule has 88 valence electrons. The Hall–Kier alpha value is -1.95. The summed E-state index contributed by atoms with van der Waals surface area (Å²) in [7, 11) is 0. The van der Waals surface area contributed by atoms with Crippen LogP contribution in [0.1, 0.15) is 21.6 Å². The van der Waals surface area contributed by atoms with Crippen molar-refractivity contribution in [3.05, 3.63) is 32.6 Å². The summed E-state index contributed by atoms with van der Waals surface area (Å²) in [5.74, 6) is -0.186. The average molecular weight is 250 g/mol. The minimum absolute atomic E-state index is 0.186. The number of aryl methyl sites for hydroxylation is 2. The summed E-state index contributed by atoms with van der Waals surface area (Å²) in [4.78, 5) is 28.5. The lowest BCUT2D eigenvalue weighted by Crippen LogP contribution is -1.96. The van der Waals surface area contributed by atoms with Gasteiger partial charge in [0, 0.05) is 11.3 Å². The fourth-order valence-corrected chi connectivity index (χ4v) is 2.34. The molecule has 0 saturated heterocycles. The molecule has 2 heterocycles. The predicted molar refractivity (Wildman–Crippen MR) is 64.7 cm³/mol. The zero-order valence-electron chi connectivity index (χ0n) is 9.27. The first-order chi connectivity index (χ1) is 8.02. The lowest BCUT2D eigenvalue weighted by Gasteiger charge is -2.06. The summed E-state index contributed by atoms with van der Waals surface area (Å²) in [6, 6.07) is 1.69. The van der Waals surface area contributed by atoms with E-state index >= 15 is 0 Å². The third-order valence-corrected chi connectivity index (χ3v) is 3.29. The number of rotatable bonds is 2. The molecule has 0 aromatic carbocycles. The van der Waals surface area contributed by atoms with Crippen LogP contribution in [0.4, 0.5) is 0 Å².